The molecule has 2 aromatic heterocycles. The van der Waals surface area contributed by atoms with Gasteiger partial charge in [-0.3, -0.25) is 9.78 Å². The van der Waals surface area contributed by atoms with E-state index in [0.29, 0.717) is 23.5 Å². The number of benzene rings is 2. The Morgan fingerprint density at radius 3 is 2.75 bits per heavy atom. The zero-order valence-corrected chi connectivity index (χ0v) is 17.7. The van der Waals surface area contributed by atoms with E-state index in [2.05, 4.69) is 15.2 Å². The predicted molar refractivity (Wildman–Crippen MR) is 128 cm³/mol. The van der Waals surface area contributed by atoms with E-state index < -0.39 is 0 Å². The number of phenolic OH excluding ortho intramolecular Hbond substituents is 1. The van der Waals surface area contributed by atoms with Crippen LogP contribution in [0.25, 0.3) is 22.3 Å². The number of para-hydroxylation sites is 1. The zero-order valence-electron chi connectivity index (χ0n) is 17.7. The lowest BCUT2D eigenvalue weighted by molar-refractivity contribution is 0.0940. The van der Waals surface area contributed by atoms with E-state index in [-0.39, 0.29) is 20.6 Å². The van der Waals surface area contributed by atoms with Crippen LogP contribution in [0.3, 0.4) is 0 Å². The predicted octanol–water partition coefficient (Wildman–Crippen LogP) is 4.21. The summed E-state index contributed by atoms with van der Waals surface area (Å²) in [6.45, 7) is 3.44. The molecule has 0 saturated carbocycles. The fourth-order valence-electron chi connectivity index (χ4n) is 4.09. The molecule has 1 aliphatic heterocycles. The maximum absolute atomic E-state index is 12.6. The third kappa shape index (κ3) is 3.85. The molecule has 32 heavy (non-hydrogen) atoms. The third-order valence-corrected chi connectivity index (χ3v) is 5.74. The van der Waals surface area contributed by atoms with Crippen molar-refractivity contribution >= 4 is 22.6 Å². The molecule has 0 aliphatic carbocycles. The molecular formula is C25H27N5O2. The van der Waals surface area contributed by atoms with Crippen molar-refractivity contribution in [2.24, 2.45) is 0 Å². The first-order chi connectivity index (χ1) is 15.6. The second-order valence-electron chi connectivity index (χ2n) is 8.05. The van der Waals surface area contributed by atoms with Gasteiger partial charge in [-0.2, -0.15) is 0 Å². The SMILES string of the molecule is Cc1ccc2c(N3CC[C@@H](NC(=O)c4ccncc4)C3)nc(-c3ccccc3O)nc2c1.[HH].[HH]. The van der Waals surface area contributed by atoms with E-state index in [0.717, 1.165) is 35.2 Å². The van der Waals surface area contributed by atoms with E-state index in [1.807, 2.05) is 37.3 Å². The van der Waals surface area contributed by atoms with E-state index in [1.165, 1.54) is 0 Å². The highest BCUT2D eigenvalue weighted by Crippen LogP contribution is 2.33. The fourth-order valence-corrected chi connectivity index (χ4v) is 4.09. The van der Waals surface area contributed by atoms with E-state index >= 15 is 0 Å². The summed E-state index contributed by atoms with van der Waals surface area (Å²) in [6, 6.07) is 16.6. The Morgan fingerprint density at radius 1 is 1.12 bits per heavy atom. The van der Waals surface area contributed by atoms with Crippen molar-refractivity contribution in [2.45, 2.75) is 19.4 Å². The standard InChI is InChI=1S/C25H23N5O2.2H2/c1-16-6-7-19-21(14-16)28-23(20-4-2-3-5-22(20)31)29-24(19)30-13-10-18(15-30)27-25(32)17-8-11-26-12-9-17;;/h2-9,11-12,14,18,31H,10,13,15H2,1H3,(H,27,32);2*1H/t18-;;/m1../s1. The number of phenols is 1. The zero-order chi connectivity index (χ0) is 22.1. The van der Waals surface area contributed by atoms with Crippen LogP contribution in [-0.4, -0.2) is 45.1 Å². The number of hydrogen-bond acceptors (Lipinski definition) is 6. The van der Waals surface area contributed by atoms with Crippen molar-refractivity contribution in [3.8, 4) is 17.1 Å². The fraction of sp³-hybridized carbons (Fsp3) is 0.200. The lowest BCUT2D eigenvalue weighted by atomic mass is 10.1. The molecule has 0 radical (unpaired) electrons. The summed E-state index contributed by atoms with van der Waals surface area (Å²) in [5.74, 6) is 1.35. The van der Waals surface area contributed by atoms with Crippen LogP contribution in [0, 0.1) is 6.92 Å². The van der Waals surface area contributed by atoms with Gasteiger partial charge in [0.1, 0.15) is 11.6 Å². The van der Waals surface area contributed by atoms with Gasteiger partial charge in [0.2, 0.25) is 0 Å². The average Bonchev–Trinajstić information content (AvgIpc) is 3.27. The van der Waals surface area contributed by atoms with Crippen LogP contribution in [0.15, 0.2) is 67.0 Å². The average molecular weight is 430 g/mol. The molecule has 164 valence electrons. The smallest absolute Gasteiger partial charge is 0.251 e. The first kappa shape index (κ1) is 19.9. The Kier molecular flexibility index (Phi) is 5.15. The quantitative estimate of drug-likeness (QED) is 0.505. The Bertz CT molecular complexity index is 1300. The highest BCUT2D eigenvalue weighted by Gasteiger charge is 2.27. The number of anilines is 1. The van der Waals surface area contributed by atoms with Gasteiger partial charge in [-0.15, -0.1) is 0 Å². The largest absolute Gasteiger partial charge is 0.507 e. The minimum absolute atomic E-state index is 0. The maximum atomic E-state index is 12.6. The molecule has 7 heteroatoms. The summed E-state index contributed by atoms with van der Waals surface area (Å²) in [6.07, 6.45) is 4.05. The van der Waals surface area contributed by atoms with Crippen molar-refractivity contribution in [1.29, 1.82) is 0 Å². The van der Waals surface area contributed by atoms with Crippen LogP contribution in [-0.2, 0) is 0 Å². The number of pyridine rings is 1. The number of aryl methyl sites for hydroxylation is 1. The summed E-state index contributed by atoms with van der Waals surface area (Å²) < 4.78 is 0. The molecule has 2 N–H and O–H groups in total. The molecule has 1 amide bonds. The molecule has 1 aliphatic rings. The highest BCUT2D eigenvalue weighted by atomic mass is 16.3. The Labute approximate surface area is 188 Å². The van der Waals surface area contributed by atoms with Crippen molar-refractivity contribution in [3.05, 3.63) is 78.1 Å². The number of fused-ring (bicyclic) bond motifs is 1. The highest BCUT2D eigenvalue weighted by molar-refractivity contribution is 5.94. The van der Waals surface area contributed by atoms with Gasteiger partial charge in [-0.25, -0.2) is 9.97 Å². The second kappa shape index (κ2) is 8.26. The molecule has 0 bridgehead atoms. The molecule has 7 nitrogen and oxygen atoms in total. The molecular weight excluding hydrogens is 402 g/mol. The van der Waals surface area contributed by atoms with E-state index in [9.17, 15) is 9.90 Å². The third-order valence-electron chi connectivity index (χ3n) is 5.74. The minimum atomic E-state index is -0.0997. The summed E-state index contributed by atoms with van der Waals surface area (Å²) in [4.78, 5) is 28.3. The van der Waals surface area contributed by atoms with Crippen LogP contribution >= 0.6 is 0 Å². The van der Waals surface area contributed by atoms with Crippen molar-refractivity contribution in [3.63, 3.8) is 0 Å². The van der Waals surface area contributed by atoms with Crippen LogP contribution < -0.4 is 10.2 Å². The molecule has 0 spiro atoms. The second-order valence-corrected chi connectivity index (χ2v) is 8.05. The topological polar surface area (TPSA) is 91.2 Å². The van der Waals surface area contributed by atoms with E-state index in [1.54, 1.807) is 36.7 Å². The number of aromatic hydroxyl groups is 1. The maximum Gasteiger partial charge on any atom is 0.251 e. The molecule has 4 aromatic rings. The minimum Gasteiger partial charge on any atom is -0.507 e. The Hall–Kier alpha value is -4.00. The van der Waals surface area contributed by atoms with Gasteiger partial charge in [0, 0.05) is 45.3 Å². The number of nitrogens with one attached hydrogen (secondary N) is 1. The van der Waals surface area contributed by atoms with Gasteiger partial charge < -0.3 is 15.3 Å². The van der Waals surface area contributed by atoms with Gasteiger partial charge in [-0.1, -0.05) is 18.2 Å². The summed E-state index contributed by atoms with van der Waals surface area (Å²) in [5, 5.41) is 14.4. The molecule has 2 aromatic carbocycles. The Morgan fingerprint density at radius 2 is 1.94 bits per heavy atom. The molecule has 3 heterocycles. The number of amides is 1. The molecule has 1 fully saturated rings. The van der Waals surface area contributed by atoms with Crippen LogP contribution in [0.4, 0.5) is 5.82 Å². The van der Waals surface area contributed by atoms with Gasteiger partial charge in [0.25, 0.3) is 5.91 Å². The lowest BCUT2D eigenvalue weighted by Crippen LogP contribution is -2.37. The van der Waals surface area contributed by atoms with Gasteiger partial charge >= 0.3 is 0 Å². The molecule has 1 saturated heterocycles. The van der Waals surface area contributed by atoms with E-state index in [4.69, 9.17) is 9.97 Å². The first-order valence-corrected chi connectivity index (χ1v) is 10.6. The molecule has 1 atom stereocenters. The number of rotatable bonds is 4. The summed E-state index contributed by atoms with van der Waals surface area (Å²) >= 11 is 0. The summed E-state index contributed by atoms with van der Waals surface area (Å²) in [5.41, 5.74) is 3.13. The van der Waals surface area contributed by atoms with Gasteiger partial charge in [0.15, 0.2) is 5.82 Å². The number of carbonyl (C=O) groups is 1. The van der Waals surface area contributed by atoms with Crippen LogP contribution in [0.5, 0.6) is 5.75 Å². The molecule has 5 rings (SSSR count). The summed E-state index contributed by atoms with van der Waals surface area (Å²) in [7, 11) is 0. The van der Waals surface area contributed by atoms with Crippen molar-refractivity contribution in [1.82, 2.24) is 20.3 Å². The van der Waals surface area contributed by atoms with Crippen LogP contribution in [0.1, 0.15) is 25.2 Å². The van der Waals surface area contributed by atoms with Crippen LogP contribution in [0.2, 0.25) is 0 Å². The number of nitrogens with zero attached hydrogens (tertiary/aromatic N) is 4. The first-order valence-electron chi connectivity index (χ1n) is 10.6. The lowest BCUT2D eigenvalue weighted by Gasteiger charge is -2.21. The van der Waals surface area contributed by atoms with Crippen molar-refractivity contribution < 1.29 is 12.8 Å². The number of hydrogen-bond donors (Lipinski definition) is 2. The normalized spacial score (nSPS) is 15.8. The molecule has 0 unspecified atom stereocenters. The monoisotopic (exact) mass is 429 g/mol. The number of carbonyl (C=O) groups excluding carboxylic acids is 1. The van der Waals surface area contributed by atoms with Crippen molar-refractivity contribution in [2.75, 3.05) is 18.0 Å². The van der Waals surface area contributed by atoms with Gasteiger partial charge in [0.05, 0.1) is 11.1 Å². The van der Waals surface area contributed by atoms with Gasteiger partial charge in [-0.05, 0) is 55.3 Å². The Balaban J connectivity index is 0.00000162. The number of aromatic nitrogens is 3.